The summed E-state index contributed by atoms with van der Waals surface area (Å²) >= 11 is 0. The van der Waals surface area contributed by atoms with E-state index < -0.39 is 7.26 Å². The number of hydrogen-bond acceptors (Lipinski definition) is 2. The molecule has 0 aromatic heterocycles. The summed E-state index contributed by atoms with van der Waals surface area (Å²) in [6, 6.07) is 48.6. The van der Waals surface area contributed by atoms with Crippen molar-refractivity contribution in [1.29, 1.82) is 0 Å². The van der Waals surface area contributed by atoms with Gasteiger partial charge < -0.3 is 9.47 Å². The van der Waals surface area contributed by atoms with Crippen molar-refractivity contribution in [2.75, 3.05) is 7.11 Å². The van der Waals surface area contributed by atoms with Crippen molar-refractivity contribution in [3.05, 3.63) is 174 Å². The van der Waals surface area contributed by atoms with E-state index in [2.05, 4.69) is 72.8 Å². The molecule has 0 aliphatic heterocycles. The molecule has 6 aromatic rings. The summed E-state index contributed by atoms with van der Waals surface area (Å²) in [6.45, 7) is 0.0147. The van der Waals surface area contributed by atoms with E-state index in [9.17, 15) is 4.39 Å². The van der Waals surface area contributed by atoms with Crippen LogP contribution in [-0.4, -0.2) is 7.11 Å². The highest BCUT2D eigenvalue weighted by Gasteiger charge is 2.46. The van der Waals surface area contributed by atoms with E-state index >= 15 is 4.39 Å². The predicted molar refractivity (Wildman–Crippen MR) is 178 cm³/mol. The van der Waals surface area contributed by atoms with Gasteiger partial charge in [-0.3, -0.25) is 0 Å². The van der Waals surface area contributed by atoms with E-state index in [-0.39, 0.29) is 18.2 Å². The van der Waals surface area contributed by atoms with E-state index in [1.807, 2.05) is 48.5 Å². The zero-order valence-electron chi connectivity index (χ0n) is 24.4. The topological polar surface area (TPSA) is 18.5 Å². The number of benzene rings is 6. The van der Waals surface area contributed by atoms with Crippen LogP contribution in [0, 0.1) is 11.6 Å². The largest absolute Gasteiger partial charge is 0.497 e. The first-order valence-electron chi connectivity index (χ1n) is 14.5. The van der Waals surface area contributed by atoms with Crippen LogP contribution in [0.5, 0.6) is 11.5 Å². The van der Waals surface area contributed by atoms with E-state index in [4.69, 9.17) is 9.47 Å². The zero-order chi connectivity index (χ0) is 30.4. The maximum Gasteiger partial charge on any atom is 0.130 e. The van der Waals surface area contributed by atoms with E-state index in [0.29, 0.717) is 17.5 Å². The van der Waals surface area contributed by atoms with Crippen LogP contribution in [0.2, 0.25) is 0 Å². The Hall–Kier alpha value is -4.79. The van der Waals surface area contributed by atoms with Gasteiger partial charge in [-0.05, 0) is 83.9 Å². The van der Waals surface area contributed by atoms with Crippen LogP contribution in [0.1, 0.15) is 11.1 Å². The molecule has 5 heteroatoms. The number of hydrogen-bond donors (Lipinski definition) is 0. The normalized spacial score (nSPS) is 11.2. The van der Waals surface area contributed by atoms with Gasteiger partial charge >= 0.3 is 0 Å². The van der Waals surface area contributed by atoms with Gasteiger partial charge in [-0.15, -0.1) is 0 Å². The van der Waals surface area contributed by atoms with E-state index in [1.165, 1.54) is 28.0 Å². The van der Waals surface area contributed by atoms with Crippen LogP contribution >= 0.6 is 7.26 Å². The first-order chi connectivity index (χ1) is 21.6. The number of ether oxygens (including phenoxy) is 2. The molecule has 0 N–H and O–H groups in total. The third-order valence-corrected chi connectivity index (χ3v) is 12.2. The second-order valence-corrected chi connectivity index (χ2v) is 14.0. The molecule has 0 radical (unpaired) electrons. The minimum absolute atomic E-state index is 0.0147. The van der Waals surface area contributed by atoms with Gasteiger partial charge in [0.25, 0.3) is 0 Å². The molecule has 0 saturated heterocycles. The smallest absolute Gasteiger partial charge is 0.130 e. The highest BCUT2D eigenvalue weighted by Crippen LogP contribution is 2.59. The average molecular weight is 602 g/mol. The van der Waals surface area contributed by atoms with Gasteiger partial charge in [0, 0.05) is 11.1 Å². The highest BCUT2D eigenvalue weighted by molar-refractivity contribution is 7.95. The van der Waals surface area contributed by atoms with Crippen LogP contribution < -0.4 is 25.4 Å². The third kappa shape index (κ3) is 6.13. The summed E-state index contributed by atoms with van der Waals surface area (Å²) < 4.78 is 41.7. The molecule has 44 heavy (non-hydrogen) atoms. The molecular formula is C39H32F2O2P+. The Morgan fingerprint density at radius 1 is 0.545 bits per heavy atom. The van der Waals surface area contributed by atoms with Crippen molar-refractivity contribution in [3.63, 3.8) is 0 Å². The van der Waals surface area contributed by atoms with Gasteiger partial charge in [-0.2, -0.15) is 0 Å². The Morgan fingerprint density at radius 3 is 1.61 bits per heavy atom. The molecule has 0 saturated carbocycles. The van der Waals surface area contributed by atoms with Crippen LogP contribution in [0.4, 0.5) is 8.78 Å². The maximum absolute atomic E-state index is 15.3. The monoisotopic (exact) mass is 601 g/mol. The Labute approximate surface area is 257 Å². The number of methoxy groups -OCH3 is 1. The van der Waals surface area contributed by atoms with Gasteiger partial charge in [0.15, 0.2) is 0 Å². The highest BCUT2D eigenvalue weighted by atomic mass is 31.2. The van der Waals surface area contributed by atoms with Crippen LogP contribution in [-0.2, 0) is 12.8 Å². The fourth-order valence-corrected chi connectivity index (χ4v) is 9.86. The van der Waals surface area contributed by atoms with Crippen molar-refractivity contribution in [2.24, 2.45) is 0 Å². The van der Waals surface area contributed by atoms with Crippen LogP contribution in [0.15, 0.2) is 152 Å². The zero-order valence-corrected chi connectivity index (χ0v) is 25.3. The minimum atomic E-state index is -2.30. The van der Waals surface area contributed by atoms with Crippen LogP contribution in [0.25, 0.3) is 11.1 Å². The predicted octanol–water partition coefficient (Wildman–Crippen LogP) is 8.71. The van der Waals surface area contributed by atoms with E-state index in [0.717, 1.165) is 22.4 Å². The quantitative estimate of drug-likeness (QED) is 0.146. The Kier molecular flexibility index (Phi) is 8.81. The van der Waals surface area contributed by atoms with Gasteiger partial charge in [0.05, 0.1) is 7.11 Å². The second kappa shape index (κ2) is 13.2. The van der Waals surface area contributed by atoms with Crippen molar-refractivity contribution in [1.82, 2.24) is 0 Å². The Morgan fingerprint density at radius 2 is 1.09 bits per heavy atom. The minimum Gasteiger partial charge on any atom is -0.497 e. The molecule has 6 aromatic carbocycles. The molecule has 218 valence electrons. The number of halogens is 2. The van der Waals surface area contributed by atoms with Gasteiger partial charge in [0.1, 0.15) is 59.1 Å². The molecule has 2 nitrogen and oxygen atoms in total. The van der Waals surface area contributed by atoms with Crippen molar-refractivity contribution >= 4 is 23.2 Å². The summed E-state index contributed by atoms with van der Waals surface area (Å²) in [5.41, 5.74) is 2.82. The lowest BCUT2D eigenvalue weighted by atomic mass is 10.0. The van der Waals surface area contributed by atoms with Gasteiger partial charge in [-0.1, -0.05) is 78.9 Å². The Balaban J connectivity index is 1.36. The molecule has 0 atom stereocenters. The van der Waals surface area contributed by atoms with Gasteiger partial charge in [0.2, 0.25) is 0 Å². The average Bonchev–Trinajstić information content (AvgIpc) is 3.08. The fraction of sp³-hybridized carbons (Fsp3) is 0.0769. The summed E-state index contributed by atoms with van der Waals surface area (Å²) in [4.78, 5) is 0. The molecule has 0 aliphatic carbocycles. The summed E-state index contributed by atoms with van der Waals surface area (Å²) in [6.07, 6.45) is 0.539. The molecule has 0 unspecified atom stereocenters. The van der Waals surface area contributed by atoms with Gasteiger partial charge in [-0.25, -0.2) is 8.78 Å². The second-order valence-electron chi connectivity index (χ2n) is 10.5. The number of rotatable bonds is 10. The lowest BCUT2D eigenvalue weighted by Crippen LogP contribution is -2.32. The summed E-state index contributed by atoms with van der Waals surface area (Å²) in [5.74, 6) is 0.584. The molecule has 0 fully saturated rings. The lowest BCUT2D eigenvalue weighted by molar-refractivity contribution is 0.297. The Bertz CT molecular complexity index is 1730. The molecule has 0 heterocycles. The lowest BCUT2D eigenvalue weighted by Gasteiger charge is -2.28. The SMILES string of the molecule is COc1ccc(-c2ccc(COc3ccc(F)cc3C[P+](c3ccccc3)(c3ccccc3)c3ccccc3)c(F)c2)cc1. The molecule has 0 bridgehead atoms. The molecule has 0 amide bonds. The third-order valence-electron chi connectivity index (χ3n) is 7.88. The first kappa shape index (κ1) is 29.3. The molecule has 0 aliphatic rings. The summed E-state index contributed by atoms with van der Waals surface area (Å²) in [7, 11) is -0.690. The molecule has 0 spiro atoms. The summed E-state index contributed by atoms with van der Waals surface area (Å²) in [5, 5.41) is 3.56. The van der Waals surface area contributed by atoms with Crippen molar-refractivity contribution in [3.8, 4) is 22.6 Å². The van der Waals surface area contributed by atoms with Crippen molar-refractivity contribution in [2.45, 2.75) is 12.8 Å². The fourth-order valence-electron chi connectivity index (χ4n) is 5.62. The van der Waals surface area contributed by atoms with Crippen molar-refractivity contribution < 1.29 is 18.3 Å². The molecular weight excluding hydrogens is 569 g/mol. The first-order valence-corrected chi connectivity index (χ1v) is 16.4. The van der Waals surface area contributed by atoms with Crippen LogP contribution in [0.3, 0.4) is 0 Å². The molecule has 6 rings (SSSR count). The standard InChI is InChI=1S/C39H32F2O2P/c1-42-34-22-19-29(20-23-34)30-17-18-31(38(41)26-30)27-43-39-24-21-33(40)25-32(39)28-44(35-11-5-2-6-12-35,36-13-7-3-8-14-36)37-15-9-4-10-16-37/h2-26H,27-28H2,1H3/q+1. The maximum atomic E-state index is 15.3. The van der Waals surface area contributed by atoms with E-state index in [1.54, 1.807) is 25.3 Å².